The summed E-state index contributed by atoms with van der Waals surface area (Å²) in [5, 5.41) is 0.792. The third-order valence-corrected chi connectivity index (χ3v) is 5.55. The highest BCUT2D eigenvalue weighted by Crippen LogP contribution is 2.28. The number of Topliss-reactive ketones (excluding diaryl/α,β-unsaturated/α-hetero) is 1. The molecule has 1 heterocycles. The van der Waals surface area contributed by atoms with Crippen LogP contribution in [-0.2, 0) is 4.79 Å². The molecule has 1 aliphatic heterocycles. The fourth-order valence-electron chi connectivity index (χ4n) is 3.01. The minimum absolute atomic E-state index is 0.333. The third-order valence-electron chi connectivity index (χ3n) is 4.18. The minimum Gasteiger partial charge on any atom is -0.301 e. The first kappa shape index (κ1) is 13.4. The maximum Gasteiger partial charge on any atom is 0.137 e. The normalized spacial score (nSPS) is 36.1. The van der Waals surface area contributed by atoms with Crippen molar-refractivity contribution in [2.24, 2.45) is 11.8 Å². The van der Waals surface area contributed by atoms with Gasteiger partial charge in [-0.2, -0.15) is 11.8 Å². The van der Waals surface area contributed by atoms with E-state index in [2.05, 4.69) is 30.5 Å². The zero-order valence-electron chi connectivity index (χ0n) is 11.2. The van der Waals surface area contributed by atoms with Crippen molar-refractivity contribution in [1.82, 2.24) is 4.90 Å². The summed E-state index contributed by atoms with van der Waals surface area (Å²) in [5.74, 6) is 2.85. The first-order valence-corrected chi connectivity index (χ1v) is 8.10. The summed E-state index contributed by atoms with van der Waals surface area (Å²) in [7, 11) is 0. The molecule has 17 heavy (non-hydrogen) atoms. The summed E-state index contributed by atoms with van der Waals surface area (Å²) in [6.45, 7) is 7.97. The number of ketones is 1. The van der Waals surface area contributed by atoms with Gasteiger partial charge in [-0.3, -0.25) is 4.79 Å². The SMILES string of the molecule is CCC1CN(CC2CC(C)CCC2=O)CCS1. The summed E-state index contributed by atoms with van der Waals surface area (Å²) in [6.07, 6.45) is 4.32. The molecule has 2 aliphatic rings. The van der Waals surface area contributed by atoms with E-state index in [0.29, 0.717) is 11.7 Å². The maximum absolute atomic E-state index is 11.9. The van der Waals surface area contributed by atoms with Crippen molar-refractivity contribution in [2.75, 3.05) is 25.4 Å². The first-order valence-electron chi connectivity index (χ1n) is 7.05. The van der Waals surface area contributed by atoms with Crippen LogP contribution < -0.4 is 0 Å². The molecule has 3 heteroatoms. The van der Waals surface area contributed by atoms with Gasteiger partial charge in [-0.1, -0.05) is 13.8 Å². The standard InChI is InChI=1S/C14H25NOS/c1-3-13-10-15(6-7-17-13)9-12-8-11(2)4-5-14(12)16/h11-13H,3-10H2,1-2H3. The van der Waals surface area contributed by atoms with Crippen molar-refractivity contribution in [3.8, 4) is 0 Å². The van der Waals surface area contributed by atoms with Gasteiger partial charge >= 0.3 is 0 Å². The molecule has 3 atom stereocenters. The van der Waals surface area contributed by atoms with E-state index in [4.69, 9.17) is 0 Å². The van der Waals surface area contributed by atoms with Crippen LogP contribution in [0.25, 0.3) is 0 Å². The average Bonchev–Trinajstić information content (AvgIpc) is 2.34. The summed E-state index contributed by atoms with van der Waals surface area (Å²) < 4.78 is 0. The number of carbonyl (C=O) groups excluding carboxylic acids is 1. The van der Waals surface area contributed by atoms with E-state index in [0.717, 1.165) is 37.0 Å². The van der Waals surface area contributed by atoms with Gasteiger partial charge in [0.05, 0.1) is 0 Å². The molecule has 0 aromatic rings. The van der Waals surface area contributed by atoms with E-state index in [1.807, 2.05) is 0 Å². The largest absolute Gasteiger partial charge is 0.301 e. The third kappa shape index (κ3) is 3.72. The summed E-state index contributed by atoms with van der Waals surface area (Å²) in [5.41, 5.74) is 0. The first-order chi connectivity index (χ1) is 8.19. The molecule has 2 rings (SSSR count). The van der Waals surface area contributed by atoms with Crippen LogP contribution >= 0.6 is 11.8 Å². The van der Waals surface area contributed by atoms with E-state index < -0.39 is 0 Å². The van der Waals surface area contributed by atoms with Gasteiger partial charge in [0.2, 0.25) is 0 Å². The van der Waals surface area contributed by atoms with Crippen LogP contribution in [0.15, 0.2) is 0 Å². The van der Waals surface area contributed by atoms with Gasteiger partial charge in [0, 0.05) is 43.0 Å². The Bertz CT molecular complexity index is 269. The molecular weight excluding hydrogens is 230 g/mol. The Morgan fingerprint density at radius 3 is 3.06 bits per heavy atom. The Balaban J connectivity index is 1.84. The van der Waals surface area contributed by atoms with Gasteiger partial charge in [0.25, 0.3) is 0 Å². The predicted molar refractivity (Wildman–Crippen MR) is 74.5 cm³/mol. The lowest BCUT2D eigenvalue weighted by molar-refractivity contribution is -0.126. The number of rotatable bonds is 3. The van der Waals surface area contributed by atoms with Crippen molar-refractivity contribution >= 4 is 17.5 Å². The molecule has 0 aromatic carbocycles. The number of hydrogen-bond acceptors (Lipinski definition) is 3. The summed E-state index contributed by atoms with van der Waals surface area (Å²) in [4.78, 5) is 14.5. The molecule has 98 valence electrons. The average molecular weight is 255 g/mol. The Hall–Kier alpha value is -0.0200. The molecule has 0 amide bonds. The van der Waals surface area contributed by atoms with Crippen molar-refractivity contribution in [3.05, 3.63) is 0 Å². The van der Waals surface area contributed by atoms with Crippen LogP contribution in [0.5, 0.6) is 0 Å². The molecule has 0 aromatic heterocycles. The van der Waals surface area contributed by atoms with E-state index >= 15 is 0 Å². The van der Waals surface area contributed by atoms with E-state index in [-0.39, 0.29) is 0 Å². The van der Waals surface area contributed by atoms with Crippen molar-refractivity contribution < 1.29 is 4.79 Å². The zero-order valence-corrected chi connectivity index (χ0v) is 12.0. The fourth-order valence-corrected chi connectivity index (χ4v) is 4.26. The predicted octanol–water partition coefficient (Wildman–Crippen LogP) is 2.82. The molecule has 0 spiro atoms. The van der Waals surface area contributed by atoms with Gasteiger partial charge in [-0.05, 0) is 25.2 Å². The highest BCUT2D eigenvalue weighted by molar-refractivity contribution is 8.00. The minimum atomic E-state index is 0.333. The Kier molecular flexibility index (Phi) is 4.92. The van der Waals surface area contributed by atoms with E-state index in [1.54, 1.807) is 0 Å². The van der Waals surface area contributed by atoms with Crippen LogP contribution in [0.2, 0.25) is 0 Å². The highest BCUT2D eigenvalue weighted by atomic mass is 32.2. The summed E-state index contributed by atoms with van der Waals surface area (Å²) in [6, 6.07) is 0. The van der Waals surface area contributed by atoms with Crippen LogP contribution in [0, 0.1) is 11.8 Å². The molecule has 2 fully saturated rings. The Labute approximate surface area is 110 Å². The van der Waals surface area contributed by atoms with Crippen LogP contribution in [0.1, 0.15) is 39.5 Å². The molecule has 0 N–H and O–H groups in total. The Morgan fingerprint density at radius 2 is 2.29 bits per heavy atom. The highest BCUT2D eigenvalue weighted by Gasteiger charge is 2.29. The maximum atomic E-state index is 11.9. The van der Waals surface area contributed by atoms with Crippen LogP contribution in [0.4, 0.5) is 0 Å². The molecule has 1 saturated carbocycles. The monoisotopic (exact) mass is 255 g/mol. The number of carbonyl (C=O) groups is 1. The van der Waals surface area contributed by atoms with Gasteiger partial charge < -0.3 is 4.90 Å². The topological polar surface area (TPSA) is 20.3 Å². The molecule has 0 radical (unpaired) electrons. The quantitative estimate of drug-likeness (QED) is 0.773. The zero-order chi connectivity index (χ0) is 12.3. The second-order valence-corrected chi connectivity index (χ2v) is 7.11. The molecular formula is C14H25NOS. The van der Waals surface area contributed by atoms with Crippen LogP contribution in [-0.4, -0.2) is 41.3 Å². The lowest BCUT2D eigenvalue weighted by atomic mass is 9.81. The second kappa shape index (κ2) is 6.24. The van der Waals surface area contributed by atoms with E-state index in [9.17, 15) is 4.79 Å². The van der Waals surface area contributed by atoms with Crippen molar-refractivity contribution in [2.45, 2.75) is 44.8 Å². The number of nitrogens with zero attached hydrogens (tertiary/aromatic N) is 1. The number of hydrogen-bond donors (Lipinski definition) is 0. The van der Waals surface area contributed by atoms with Crippen molar-refractivity contribution in [1.29, 1.82) is 0 Å². The molecule has 2 nitrogen and oxygen atoms in total. The van der Waals surface area contributed by atoms with Crippen LogP contribution in [0.3, 0.4) is 0 Å². The second-order valence-electron chi connectivity index (χ2n) is 5.70. The number of thioether (sulfide) groups is 1. The molecule has 0 bridgehead atoms. The lowest BCUT2D eigenvalue weighted by Crippen LogP contribution is -2.43. The molecule has 1 aliphatic carbocycles. The van der Waals surface area contributed by atoms with E-state index in [1.165, 1.54) is 25.3 Å². The molecule has 1 saturated heterocycles. The summed E-state index contributed by atoms with van der Waals surface area (Å²) >= 11 is 2.10. The van der Waals surface area contributed by atoms with Crippen molar-refractivity contribution in [3.63, 3.8) is 0 Å². The lowest BCUT2D eigenvalue weighted by Gasteiger charge is -2.36. The van der Waals surface area contributed by atoms with Gasteiger partial charge in [-0.15, -0.1) is 0 Å². The Morgan fingerprint density at radius 1 is 1.47 bits per heavy atom. The fraction of sp³-hybridized carbons (Fsp3) is 0.929. The smallest absolute Gasteiger partial charge is 0.137 e. The van der Waals surface area contributed by atoms with Gasteiger partial charge in [-0.25, -0.2) is 0 Å². The van der Waals surface area contributed by atoms with Gasteiger partial charge in [0.1, 0.15) is 5.78 Å². The van der Waals surface area contributed by atoms with Gasteiger partial charge in [0.15, 0.2) is 0 Å². The molecule has 3 unspecified atom stereocenters.